The quantitative estimate of drug-likeness (QED) is 0.351. The normalized spacial score (nSPS) is 13.5. The van der Waals surface area contributed by atoms with Crippen LogP contribution in [-0.4, -0.2) is 29.8 Å². The number of nitrogens with two attached hydrogens (primary N) is 1. The minimum Gasteiger partial charge on any atom is -0.471 e. The van der Waals surface area contributed by atoms with E-state index >= 15 is 0 Å². The summed E-state index contributed by atoms with van der Waals surface area (Å²) in [6, 6.07) is 1.36. The number of ether oxygens (including phenoxy) is 1. The van der Waals surface area contributed by atoms with Gasteiger partial charge in [-0.25, -0.2) is 13.8 Å². The highest BCUT2D eigenvalue weighted by atomic mass is 19.3. The number of hydrogen-bond donors (Lipinski definition) is 3. The number of aromatic nitrogens is 1. The van der Waals surface area contributed by atoms with E-state index in [0.717, 1.165) is 0 Å². The van der Waals surface area contributed by atoms with E-state index in [4.69, 9.17) is 10.5 Å². The summed E-state index contributed by atoms with van der Waals surface area (Å²) in [7, 11) is 0. The molecule has 0 fully saturated rings. The van der Waals surface area contributed by atoms with Crippen LogP contribution in [0.4, 0.5) is 8.78 Å². The zero-order chi connectivity index (χ0) is 24.4. The van der Waals surface area contributed by atoms with Crippen molar-refractivity contribution in [3.63, 3.8) is 0 Å². The molecule has 0 spiro atoms. The summed E-state index contributed by atoms with van der Waals surface area (Å²) in [4.78, 5) is 28.9. The fourth-order valence-electron chi connectivity index (χ4n) is 2.68. The lowest BCUT2D eigenvalue weighted by molar-refractivity contribution is -0.123. The van der Waals surface area contributed by atoms with Gasteiger partial charge < -0.3 is 21.1 Å². The van der Waals surface area contributed by atoms with E-state index in [2.05, 4.69) is 15.6 Å². The van der Waals surface area contributed by atoms with Gasteiger partial charge in [-0.3, -0.25) is 9.59 Å². The summed E-state index contributed by atoms with van der Waals surface area (Å²) in [5.41, 5.74) is 7.59. The molecule has 0 bridgehead atoms. The molecule has 0 radical (unpaired) electrons. The standard InChI is InChI=1S/C23H34F2N4O3/c1-7-16-9-18(11-27-23(16)32-12-19(24)25)15(6)28-22(31)17(8-13(2)3)10-20(26)29-21(30)14(4)5/h8-11,13-15,19H,7,12,26H2,1-6H3,(H,28,31)(H,29,30)/b17-8+,20-10+. The number of aryl methyl sites for hydroxylation is 1. The van der Waals surface area contributed by atoms with Crippen molar-refractivity contribution in [1.82, 2.24) is 15.6 Å². The van der Waals surface area contributed by atoms with Crippen molar-refractivity contribution in [2.45, 2.75) is 60.4 Å². The Bertz CT molecular complexity index is 852. The lowest BCUT2D eigenvalue weighted by Crippen LogP contribution is -2.32. The number of pyridine rings is 1. The minimum absolute atomic E-state index is 0.0653. The molecule has 1 heterocycles. The molecule has 9 heteroatoms. The summed E-state index contributed by atoms with van der Waals surface area (Å²) < 4.78 is 29.9. The molecule has 0 saturated carbocycles. The summed E-state index contributed by atoms with van der Waals surface area (Å²) >= 11 is 0. The molecule has 0 aliphatic heterocycles. The molecule has 0 aliphatic carbocycles. The van der Waals surface area contributed by atoms with Crippen LogP contribution in [0.3, 0.4) is 0 Å². The molecular weight excluding hydrogens is 418 g/mol. The van der Waals surface area contributed by atoms with Gasteiger partial charge in [-0.15, -0.1) is 0 Å². The van der Waals surface area contributed by atoms with Gasteiger partial charge in [0, 0.05) is 23.3 Å². The molecule has 32 heavy (non-hydrogen) atoms. The van der Waals surface area contributed by atoms with Crippen molar-refractivity contribution in [3.8, 4) is 5.88 Å². The van der Waals surface area contributed by atoms with Crippen molar-refractivity contribution >= 4 is 11.8 Å². The summed E-state index contributed by atoms with van der Waals surface area (Å²) in [6.45, 7) is 10.2. The Morgan fingerprint density at radius 2 is 1.88 bits per heavy atom. The van der Waals surface area contributed by atoms with E-state index in [1.165, 1.54) is 12.3 Å². The zero-order valence-corrected chi connectivity index (χ0v) is 19.5. The van der Waals surface area contributed by atoms with Gasteiger partial charge in [0.15, 0.2) is 6.61 Å². The van der Waals surface area contributed by atoms with Crippen molar-refractivity contribution in [2.24, 2.45) is 17.6 Å². The van der Waals surface area contributed by atoms with Crippen LogP contribution in [0.5, 0.6) is 5.88 Å². The van der Waals surface area contributed by atoms with Gasteiger partial charge in [0.2, 0.25) is 11.8 Å². The second-order valence-electron chi connectivity index (χ2n) is 8.09. The maximum atomic E-state index is 12.9. The average Bonchev–Trinajstić information content (AvgIpc) is 2.70. The van der Waals surface area contributed by atoms with E-state index in [9.17, 15) is 18.4 Å². The Balaban J connectivity index is 3.02. The van der Waals surface area contributed by atoms with Crippen molar-refractivity contribution in [2.75, 3.05) is 6.61 Å². The molecule has 0 aromatic carbocycles. The molecule has 1 unspecified atom stereocenters. The van der Waals surface area contributed by atoms with Crippen molar-refractivity contribution in [3.05, 3.63) is 46.9 Å². The molecule has 1 atom stereocenters. The van der Waals surface area contributed by atoms with Crippen molar-refractivity contribution < 1.29 is 23.1 Å². The first-order valence-corrected chi connectivity index (χ1v) is 10.6. The molecule has 178 valence electrons. The lowest BCUT2D eigenvalue weighted by Gasteiger charge is -2.18. The highest BCUT2D eigenvalue weighted by molar-refractivity contribution is 5.96. The first-order valence-electron chi connectivity index (χ1n) is 10.6. The largest absolute Gasteiger partial charge is 0.471 e. The molecule has 0 aliphatic rings. The highest BCUT2D eigenvalue weighted by Gasteiger charge is 2.17. The third kappa shape index (κ3) is 9.03. The van der Waals surface area contributed by atoms with Gasteiger partial charge in [0.25, 0.3) is 12.3 Å². The SMILES string of the molecule is CCc1cc(C(C)NC(=O)C(/C=C(\N)NC(=O)C(C)C)=C/C(C)C)cnc1OCC(F)F. The topological polar surface area (TPSA) is 106 Å². The molecule has 1 aromatic rings. The van der Waals surface area contributed by atoms with Crippen molar-refractivity contribution in [1.29, 1.82) is 0 Å². The van der Waals surface area contributed by atoms with Gasteiger partial charge in [0.05, 0.1) is 6.04 Å². The third-order valence-corrected chi connectivity index (χ3v) is 4.40. The second kappa shape index (κ2) is 12.8. The monoisotopic (exact) mass is 452 g/mol. The smallest absolute Gasteiger partial charge is 0.272 e. The number of amides is 2. The number of nitrogens with one attached hydrogen (secondary N) is 2. The van der Waals surface area contributed by atoms with Crippen LogP contribution in [0.1, 0.15) is 58.7 Å². The van der Waals surface area contributed by atoms with Gasteiger partial charge >= 0.3 is 0 Å². The van der Waals surface area contributed by atoms with Crippen LogP contribution >= 0.6 is 0 Å². The number of halogens is 2. The fourth-order valence-corrected chi connectivity index (χ4v) is 2.68. The Kier molecular flexibility index (Phi) is 10.8. The Labute approximate surface area is 188 Å². The molecule has 0 saturated heterocycles. The Morgan fingerprint density at radius 1 is 1.22 bits per heavy atom. The second-order valence-corrected chi connectivity index (χ2v) is 8.09. The van der Waals surface area contributed by atoms with E-state index < -0.39 is 19.1 Å². The highest BCUT2D eigenvalue weighted by Crippen LogP contribution is 2.22. The van der Waals surface area contributed by atoms with E-state index in [1.54, 1.807) is 32.9 Å². The van der Waals surface area contributed by atoms with Gasteiger partial charge in [0.1, 0.15) is 5.82 Å². The average molecular weight is 453 g/mol. The number of allylic oxidation sites excluding steroid dienone is 1. The number of rotatable bonds is 11. The summed E-state index contributed by atoms with van der Waals surface area (Å²) in [5, 5.41) is 5.45. The number of carbonyl (C=O) groups is 2. The maximum absolute atomic E-state index is 12.9. The molecule has 4 N–H and O–H groups in total. The maximum Gasteiger partial charge on any atom is 0.272 e. The Morgan fingerprint density at radius 3 is 2.41 bits per heavy atom. The molecule has 1 rings (SSSR count). The molecule has 7 nitrogen and oxygen atoms in total. The molecular formula is C23H34F2N4O3. The van der Waals surface area contributed by atoms with Crippen LogP contribution in [0.15, 0.2) is 35.8 Å². The number of hydrogen-bond acceptors (Lipinski definition) is 5. The molecule has 2 amide bonds. The Hall–Kier alpha value is -2.97. The van der Waals surface area contributed by atoms with Gasteiger partial charge in [-0.1, -0.05) is 40.7 Å². The van der Waals surface area contributed by atoms with E-state index in [-0.39, 0.29) is 35.4 Å². The zero-order valence-electron chi connectivity index (χ0n) is 19.5. The minimum atomic E-state index is -2.59. The van der Waals surface area contributed by atoms with Crippen LogP contribution < -0.4 is 21.1 Å². The van der Waals surface area contributed by atoms with Gasteiger partial charge in [-0.2, -0.15) is 0 Å². The number of carbonyl (C=O) groups excluding carboxylic acids is 2. The number of nitrogens with zero attached hydrogens (tertiary/aromatic N) is 1. The fraction of sp³-hybridized carbons (Fsp3) is 0.522. The predicted molar refractivity (Wildman–Crippen MR) is 120 cm³/mol. The summed E-state index contributed by atoms with van der Waals surface area (Å²) in [5.74, 6) is -0.564. The van der Waals surface area contributed by atoms with E-state index in [1.807, 2.05) is 20.8 Å². The number of alkyl halides is 2. The molecule has 1 aromatic heterocycles. The van der Waals surface area contributed by atoms with Crippen LogP contribution in [0.25, 0.3) is 0 Å². The van der Waals surface area contributed by atoms with Gasteiger partial charge in [-0.05, 0) is 37.0 Å². The van der Waals surface area contributed by atoms with Crippen LogP contribution in [0.2, 0.25) is 0 Å². The van der Waals surface area contributed by atoms with Crippen LogP contribution in [-0.2, 0) is 16.0 Å². The van der Waals surface area contributed by atoms with E-state index in [0.29, 0.717) is 23.1 Å². The lowest BCUT2D eigenvalue weighted by atomic mass is 10.0. The summed E-state index contributed by atoms with van der Waals surface area (Å²) in [6.07, 6.45) is 2.61. The van der Waals surface area contributed by atoms with Crippen LogP contribution in [0, 0.1) is 11.8 Å². The third-order valence-electron chi connectivity index (χ3n) is 4.40. The first kappa shape index (κ1) is 27.1. The predicted octanol–water partition coefficient (Wildman–Crippen LogP) is 3.62. The first-order chi connectivity index (χ1) is 14.9.